The van der Waals surface area contributed by atoms with Crippen LogP contribution in [-0.4, -0.2) is 9.97 Å². The number of rotatable bonds is 5. The summed E-state index contributed by atoms with van der Waals surface area (Å²) in [6, 6.07) is 2.67. The van der Waals surface area contributed by atoms with Crippen LogP contribution in [0.5, 0.6) is 0 Å². The first-order valence-electron chi connectivity index (χ1n) is 6.51. The lowest BCUT2D eigenvalue weighted by atomic mass is 9.98. The van der Waals surface area contributed by atoms with Gasteiger partial charge in [-0.2, -0.15) is 0 Å². The van der Waals surface area contributed by atoms with Crippen molar-refractivity contribution in [3.8, 4) is 0 Å². The van der Waals surface area contributed by atoms with Gasteiger partial charge in [-0.15, -0.1) is 0 Å². The van der Waals surface area contributed by atoms with Crippen LogP contribution in [0.1, 0.15) is 51.3 Å². The highest BCUT2D eigenvalue weighted by atomic mass is 19.2. The Morgan fingerprint density at radius 1 is 1.17 bits per heavy atom. The van der Waals surface area contributed by atoms with Gasteiger partial charge >= 0.3 is 0 Å². The summed E-state index contributed by atoms with van der Waals surface area (Å²) in [4.78, 5) is 7.36. The molecule has 2 aromatic rings. The largest absolute Gasteiger partial charge is 0.342 e. The van der Waals surface area contributed by atoms with Gasteiger partial charge < -0.3 is 4.98 Å². The molecule has 0 radical (unpaired) electrons. The predicted molar refractivity (Wildman–Crippen MR) is 68.6 cm³/mol. The van der Waals surface area contributed by atoms with E-state index < -0.39 is 11.6 Å². The SMILES string of the molecule is CCCC(CCC)c1nc2c(F)c(F)ccc2[nH]1. The van der Waals surface area contributed by atoms with Crippen molar-refractivity contribution in [3.63, 3.8) is 0 Å². The predicted octanol–water partition coefficient (Wildman–Crippen LogP) is 4.52. The zero-order chi connectivity index (χ0) is 13.1. The molecule has 0 unspecified atom stereocenters. The molecule has 0 amide bonds. The molecule has 18 heavy (non-hydrogen) atoms. The maximum absolute atomic E-state index is 13.6. The molecule has 1 heterocycles. The zero-order valence-corrected chi connectivity index (χ0v) is 10.8. The molecule has 4 heteroatoms. The van der Waals surface area contributed by atoms with E-state index in [2.05, 4.69) is 23.8 Å². The molecular formula is C14H18F2N2. The molecule has 98 valence electrons. The van der Waals surface area contributed by atoms with Crippen molar-refractivity contribution in [1.29, 1.82) is 0 Å². The lowest BCUT2D eigenvalue weighted by molar-refractivity contribution is 0.514. The summed E-state index contributed by atoms with van der Waals surface area (Å²) >= 11 is 0. The summed E-state index contributed by atoms with van der Waals surface area (Å²) in [7, 11) is 0. The Hall–Kier alpha value is -1.45. The standard InChI is InChI=1S/C14H18F2N2/c1-3-5-9(6-4-2)14-17-11-8-7-10(15)12(16)13(11)18-14/h7-9H,3-6H2,1-2H3,(H,17,18). The van der Waals surface area contributed by atoms with Gasteiger partial charge in [0.1, 0.15) is 11.3 Å². The van der Waals surface area contributed by atoms with E-state index >= 15 is 0 Å². The smallest absolute Gasteiger partial charge is 0.186 e. The molecule has 1 N–H and O–H groups in total. The number of nitrogens with zero attached hydrogens (tertiary/aromatic N) is 1. The highest BCUT2D eigenvalue weighted by Gasteiger charge is 2.17. The highest BCUT2D eigenvalue weighted by Crippen LogP contribution is 2.27. The summed E-state index contributed by atoms with van der Waals surface area (Å²) < 4.78 is 26.7. The number of imidazole rings is 1. The molecule has 2 rings (SSSR count). The number of fused-ring (bicyclic) bond motifs is 1. The van der Waals surface area contributed by atoms with Gasteiger partial charge in [-0.05, 0) is 25.0 Å². The van der Waals surface area contributed by atoms with Crippen molar-refractivity contribution < 1.29 is 8.78 Å². The zero-order valence-electron chi connectivity index (χ0n) is 10.8. The molecule has 0 saturated heterocycles. The van der Waals surface area contributed by atoms with E-state index in [4.69, 9.17) is 0 Å². The third-order valence-electron chi connectivity index (χ3n) is 3.23. The van der Waals surface area contributed by atoms with Gasteiger partial charge in [0.05, 0.1) is 5.52 Å². The first kappa shape index (κ1) is 13.0. The second kappa shape index (κ2) is 5.46. The molecule has 1 aromatic heterocycles. The fourth-order valence-corrected chi connectivity index (χ4v) is 2.34. The van der Waals surface area contributed by atoms with Crippen LogP contribution in [0, 0.1) is 11.6 Å². The quantitative estimate of drug-likeness (QED) is 0.832. The third kappa shape index (κ3) is 2.37. The molecule has 2 nitrogen and oxygen atoms in total. The van der Waals surface area contributed by atoms with Crippen LogP contribution >= 0.6 is 0 Å². The van der Waals surface area contributed by atoms with E-state index in [1.165, 1.54) is 0 Å². The maximum atomic E-state index is 13.6. The van der Waals surface area contributed by atoms with Crippen LogP contribution in [0.4, 0.5) is 8.78 Å². The normalized spacial score (nSPS) is 11.6. The van der Waals surface area contributed by atoms with Crippen molar-refractivity contribution in [3.05, 3.63) is 29.6 Å². The summed E-state index contributed by atoms with van der Waals surface area (Å²) in [6.45, 7) is 4.23. The van der Waals surface area contributed by atoms with Gasteiger partial charge in [0.15, 0.2) is 11.6 Å². The van der Waals surface area contributed by atoms with Crippen LogP contribution in [0.3, 0.4) is 0 Å². The maximum Gasteiger partial charge on any atom is 0.186 e. The Labute approximate surface area is 105 Å². The topological polar surface area (TPSA) is 28.7 Å². The fraction of sp³-hybridized carbons (Fsp3) is 0.500. The van der Waals surface area contributed by atoms with Crippen molar-refractivity contribution >= 4 is 11.0 Å². The summed E-state index contributed by atoms with van der Waals surface area (Å²) in [6.07, 6.45) is 4.13. The molecule has 0 aliphatic rings. The van der Waals surface area contributed by atoms with Gasteiger partial charge in [-0.1, -0.05) is 26.7 Å². The molecule has 0 atom stereocenters. The number of hydrogen-bond donors (Lipinski definition) is 1. The second-order valence-electron chi connectivity index (χ2n) is 4.65. The van der Waals surface area contributed by atoms with E-state index in [9.17, 15) is 8.78 Å². The lowest BCUT2D eigenvalue weighted by Gasteiger charge is -2.11. The Morgan fingerprint density at radius 3 is 2.44 bits per heavy atom. The minimum absolute atomic E-state index is 0.113. The van der Waals surface area contributed by atoms with E-state index in [0.29, 0.717) is 11.4 Å². The van der Waals surface area contributed by atoms with Crippen molar-refractivity contribution in [2.24, 2.45) is 0 Å². The molecule has 1 aromatic carbocycles. The number of halogens is 2. The number of hydrogen-bond acceptors (Lipinski definition) is 1. The van der Waals surface area contributed by atoms with E-state index in [1.54, 1.807) is 6.07 Å². The van der Waals surface area contributed by atoms with Crippen LogP contribution in [0.2, 0.25) is 0 Å². The Bertz CT molecular complexity index is 528. The van der Waals surface area contributed by atoms with Crippen molar-refractivity contribution in [2.45, 2.75) is 45.4 Å². The number of aromatic amines is 1. The van der Waals surface area contributed by atoms with Gasteiger partial charge in [0.2, 0.25) is 0 Å². The van der Waals surface area contributed by atoms with Crippen LogP contribution in [-0.2, 0) is 0 Å². The molecule has 0 saturated carbocycles. The van der Waals surface area contributed by atoms with Gasteiger partial charge in [0.25, 0.3) is 0 Å². The molecule has 0 aliphatic carbocycles. The average molecular weight is 252 g/mol. The summed E-state index contributed by atoms with van der Waals surface area (Å²) in [5.74, 6) is -0.627. The number of aromatic nitrogens is 2. The monoisotopic (exact) mass is 252 g/mol. The van der Waals surface area contributed by atoms with Gasteiger partial charge in [-0.3, -0.25) is 0 Å². The summed E-state index contributed by atoms with van der Waals surface area (Å²) in [5, 5.41) is 0. The second-order valence-corrected chi connectivity index (χ2v) is 4.65. The average Bonchev–Trinajstić information content (AvgIpc) is 2.78. The molecule has 0 bridgehead atoms. The highest BCUT2D eigenvalue weighted by molar-refractivity contribution is 5.75. The number of H-pyrrole nitrogens is 1. The van der Waals surface area contributed by atoms with Crippen LogP contribution < -0.4 is 0 Å². The first-order chi connectivity index (χ1) is 8.67. The van der Waals surface area contributed by atoms with Crippen LogP contribution in [0.15, 0.2) is 12.1 Å². The number of benzene rings is 1. The van der Waals surface area contributed by atoms with E-state index in [-0.39, 0.29) is 5.52 Å². The van der Waals surface area contributed by atoms with Gasteiger partial charge in [-0.25, -0.2) is 13.8 Å². The molecule has 0 aliphatic heterocycles. The van der Waals surface area contributed by atoms with Crippen molar-refractivity contribution in [2.75, 3.05) is 0 Å². The summed E-state index contributed by atoms with van der Waals surface area (Å²) in [5.41, 5.74) is 0.684. The Morgan fingerprint density at radius 2 is 1.83 bits per heavy atom. The number of nitrogens with one attached hydrogen (secondary N) is 1. The minimum atomic E-state index is -0.859. The third-order valence-corrected chi connectivity index (χ3v) is 3.23. The molecule has 0 spiro atoms. The van der Waals surface area contributed by atoms with Crippen molar-refractivity contribution in [1.82, 2.24) is 9.97 Å². The lowest BCUT2D eigenvalue weighted by Crippen LogP contribution is -2.00. The van der Waals surface area contributed by atoms with E-state index in [0.717, 1.165) is 37.6 Å². The van der Waals surface area contributed by atoms with E-state index in [1.807, 2.05) is 0 Å². The molecular weight excluding hydrogens is 234 g/mol. The molecule has 0 fully saturated rings. The van der Waals surface area contributed by atoms with Crippen LogP contribution in [0.25, 0.3) is 11.0 Å². The minimum Gasteiger partial charge on any atom is -0.342 e. The van der Waals surface area contributed by atoms with Gasteiger partial charge in [0, 0.05) is 5.92 Å². The Balaban J connectivity index is 2.42. The fourth-order valence-electron chi connectivity index (χ4n) is 2.34. The first-order valence-corrected chi connectivity index (χ1v) is 6.51. The Kier molecular flexibility index (Phi) is 3.94.